The summed E-state index contributed by atoms with van der Waals surface area (Å²) >= 11 is 0. The van der Waals surface area contributed by atoms with E-state index in [1.54, 1.807) is 6.20 Å². The maximum absolute atomic E-state index is 12.2. The number of alkyl carbamates (subject to hydrolysis) is 1. The third kappa shape index (κ3) is 3.88. The molecule has 2 N–H and O–H groups in total. The van der Waals surface area contributed by atoms with Crippen LogP contribution in [0.5, 0.6) is 0 Å². The van der Waals surface area contributed by atoms with E-state index < -0.39 is 6.09 Å². The van der Waals surface area contributed by atoms with E-state index in [-0.39, 0.29) is 5.92 Å². The Balaban J connectivity index is 1.14. The molecule has 0 unspecified atom stereocenters. The molecule has 152 valence electrons. The largest absolute Gasteiger partial charge is 0.449 e. The van der Waals surface area contributed by atoms with Crippen LogP contribution in [-0.2, 0) is 4.74 Å². The van der Waals surface area contributed by atoms with Crippen molar-refractivity contribution >= 4 is 17.1 Å². The minimum absolute atomic E-state index is 0.0633. The molecule has 2 aromatic carbocycles. The van der Waals surface area contributed by atoms with Gasteiger partial charge in [0.05, 0.1) is 11.0 Å². The molecular weight excluding hydrogens is 386 g/mol. The number of pyridine rings is 1. The SMILES string of the molecule is O=C(NCCC#Cc1cnc2cc[nH]c2c1)OCC1c2ccccc2-c2ccccc21. The summed E-state index contributed by atoms with van der Waals surface area (Å²) in [5.74, 6) is 6.20. The molecule has 5 rings (SSSR count). The van der Waals surface area contributed by atoms with Crippen LogP contribution in [0, 0.1) is 11.8 Å². The van der Waals surface area contributed by atoms with E-state index in [0.717, 1.165) is 16.6 Å². The average Bonchev–Trinajstić information content (AvgIpc) is 3.40. The second-order valence-corrected chi connectivity index (χ2v) is 7.44. The van der Waals surface area contributed by atoms with Gasteiger partial charge in [0.1, 0.15) is 6.61 Å². The molecular formula is C26H21N3O2. The molecule has 0 fully saturated rings. The van der Waals surface area contributed by atoms with Crippen LogP contribution >= 0.6 is 0 Å². The van der Waals surface area contributed by atoms with Gasteiger partial charge < -0.3 is 15.0 Å². The number of ether oxygens (including phenoxy) is 1. The molecule has 1 amide bonds. The van der Waals surface area contributed by atoms with Gasteiger partial charge in [-0.1, -0.05) is 60.4 Å². The van der Waals surface area contributed by atoms with E-state index in [1.165, 1.54) is 22.3 Å². The Morgan fingerprint density at radius 1 is 1.06 bits per heavy atom. The highest BCUT2D eigenvalue weighted by atomic mass is 16.5. The molecule has 0 spiro atoms. The molecule has 5 heteroatoms. The Morgan fingerprint density at radius 2 is 1.81 bits per heavy atom. The van der Waals surface area contributed by atoms with E-state index in [0.29, 0.717) is 19.6 Å². The van der Waals surface area contributed by atoms with Crippen molar-refractivity contribution in [2.75, 3.05) is 13.2 Å². The molecule has 31 heavy (non-hydrogen) atoms. The van der Waals surface area contributed by atoms with E-state index in [2.05, 4.69) is 51.4 Å². The zero-order chi connectivity index (χ0) is 21.0. The number of fused-ring (bicyclic) bond motifs is 4. The number of nitrogens with one attached hydrogen (secondary N) is 2. The number of carbonyl (C=O) groups excluding carboxylic acids is 1. The van der Waals surface area contributed by atoms with Gasteiger partial charge in [0, 0.05) is 36.8 Å². The van der Waals surface area contributed by atoms with Gasteiger partial charge in [0.15, 0.2) is 0 Å². The van der Waals surface area contributed by atoms with Crippen LogP contribution in [0.4, 0.5) is 4.79 Å². The summed E-state index contributed by atoms with van der Waals surface area (Å²) in [5, 5.41) is 2.78. The lowest BCUT2D eigenvalue weighted by Crippen LogP contribution is -2.26. The summed E-state index contributed by atoms with van der Waals surface area (Å²) in [7, 11) is 0. The maximum Gasteiger partial charge on any atom is 0.407 e. The first-order valence-corrected chi connectivity index (χ1v) is 10.3. The van der Waals surface area contributed by atoms with Crippen LogP contribution in [0.1, 0.15) is 29.0 Å². The zero-order valence-corrected chi connectivity index (χ0v) is 16.9. The van der Waals surface area contributed by atoms with Gasteiger partial charge in [-0.3, -0.25) is 4.98 Å². The van der Waals surface area contributed by atoms with Gasteiger partial charge in [-0.2, -0.15) is 0 Å². The Kier molecular flexibility index (Phi) is 5.12. The lowest BCUT2D eigenvalue weighted by Gasteiger charge is -2.14. The molecule has 5 nitrogen and oxygen atoms in total. The number of H-pyrrole nitrogens is 1. The van der Waals surface area contributed by atoms with Crippen molar-refractivity contribution < 1.29 is 9.53 Å². The van der Waals surface area contributed by atoms with Crippen LogP contribution < -0.4 is 5.32 Å². The molecule has 1 aliphatic rings. The van der Waals surface area contributed by atoms with Crippen molar-refractivity contribution in [2.45, 2.75) is 12.3 Å². The number of aromatic nitrogens is 2. The first-order valence-electron chi connectivity index (χ1n) is 10.3. The molecule has 0 saturated carbocycles. The summed E-state index contributed by atoms with van der Waals surface area (Å²) in [6, 6.07) is 20.5. The number of carbonyl (C=O) groups is 1. The maximum atomic E-state index is 12.2. The van der Waals surface area contributed by atoms with Crippen molar-refractivity contribution in [1.29, 1.82) is 0 Å². The van der Waals surface area contributed by atoms with Crippen LogP contribution in [-0.4, -0.2) is 29.2 Å². The number of benzene rings is 2. The molecule has 4 aromatic rings. The monoisotopic (exact) mass is 407 g/mol. The Morgan fingerprint density at radius 3 is 2.58 bits per heavy atom. The van der Waals surface area contributed by atoms with Crippen molar-refractivity contribution in [3.8, 4) is 23.0 Å². The number of rotatable bonds is 4. The lowest BCUT2D eigenvalue weighted by molar-refractivity contribution is 0.143. The number of nitrogens with zero attached hydrogens (tertiary/aromatic N) is 1. The summed E-state index contributed by atoms with van der Waals surface area (Å²) in [6.45, 7) is 0.745. The second kappa shape index (κ2) is 8.37. The first-order chi connectivity index (χ1) is 15.3. The number of amides is 1. The minimum Gasteiger partial charge on any atom is -0.449 e. The van der Waals surface area contributed by atoms with E-state index >= 15 is 0 Å². The van der Waals surface area contributed by atoms with E-state index in [4.69, 9.17) is 4.74 Å². The predicted molar refractivity (Wildman–Crippen MR) is 121 cm³/mol. The van der Waals surface area contributed by atoms with Crippen molar-refractivity contribution in [1.82, 2.24) is 15.3 Å². The fourth-order valence-corrected chi connectivity index (χ4v) is 4.04. The van der Waals surface area contributed by atoms with Gasteiger partial charge >= 0.3 is 6.09 Å². The van der Waals surface area contributed by atoms with Gasteiger partial charge in [-0.05, 0) is 34.4 Å². The summed E-state index contributed by atoms with van der Waals surface area (Å²) in [4.78, 5) is 19.6. The van der Waals surface area contributed by atoms with Gasteiger partial charge in [0.25, 0.3) is 0 Å². The standard InChI is InChI=1S/C26H21N3O2/c30-26(28-13-6-5-7-18-15-25-24(29-16-18)12-14-27-25)31-17-23-21-10-3-1-8-19(21)20-9-2-4-11-22(20)23/h1-4,8-12,14-16,23,27H,6,13,17H2,(H,28,30). The molecule has 0 saturated heterocycles. The Labute approximate surface area is 180 Å². The molecule has 0 atom stereocenters. The molecule has 2 aromatic heterocycles. The summed E-state index contributed by atoms with van der Waals surface area (Å²) in [6.07, 6.45) is 3.72. The van der Waals surface area contributed by atoms with Gasteiger partial charge in [0.2, 0.25) is 0 Å². The molecule has 0 bridgehead atoms. The number of hydrogen-bond donors (Lipinski definition) is 2. The Bertz CT molecular complexity index is 1270. The van der Waals surface area contributed by atoms with Crippen LogP contribution in [0.25, 0.3) is 22.2 Å². The summed E-state index contributed by atoms with van der Waals surface area (Å²) in [5.41, 5.74) is 7.57. The zero-order valence-electron chi connectivity index (χ0n) is 16.9. The third-order valence-corrected chi connectivity index (χ3v) is 5.49. The topological polar surface area (TPSA) is 67.0 Å². The number of aromatic amines is 1. The highest BCUT2D eigenvalue weighted by molar-refractivity contribution is 5.79. The van der Waals surface area contributed by atoms with E-state index in [1.807, 2.05) is 42.6 Å². The predicted octanol–water partition coefficient (Wildman–Crippen LogP) is 4.84. The lowest BCUT2D eigenvalue weighted by atomic mass is 9.98. The van der Waals surface area contributed by atoms with Crippen LogP contribution in [0.2, 0.25) is 0 Å². The molecule has 0 radical (unpaired) electrons. The van der Waals surface area contributed by atoms with Crippen LogP contribution in [0.15, 0.2) is 73.1 Å². The number of hydrogen-bond acceptors (Lipinski definition) is 3. The smallest absolute Gasteiger partial charge is 0.407 e. The molecule has 0 aliphatic heterocycles. The normalized spacial score (nSPS) is 12.0. The fraction of sp³-hybridized carbons (Fsp3) is 0.154. The van der Waals surface area contributed by atoms with Gasteiger partial charge in [-0.15, -0.1) is 0 Å². The van der Waals surface area contributed by atoms with Crippen molar-refractivity contribution in [3.05, 3.63) is 89.7 Å². The van der Waals surface area contributed by atoms with Crippen LogP contribution in [0.3, 0.4) is 0 Å². The molecule has 1 aliphatic carbocycles. The fourth-order valence-electron chi connectivity index (χ4n) is 4.04. The third-order valence-electron chi connectivity index (χ3n) is 5.49. The second-order valence-electron chi connectivity index (χ2n) is 7.44. The Hall–Kier alpha value is -4.04. The highest BCUT2D eigenvalue weighted by Gasteiger charge is 2.28. The minimum atomic E-state index is -0.418. The van der Waals surface area contributed by atoms with Crippen molar-refractivity contribution in [3.63, 3.8) is 0 Å². The van der Waals surface area contributed by atoms with Crippen molar-refractivity contribution in [2.24, 2.45) is 0 Å². The average molecular weight is 407 g/mol. The van der Waals surface area contributed by atoms with Gasteiger partial charge in [-0.25, -0.2) is 4.79 Å². The highest BCUT2D eigenvalue weighted by Crippen LogP contribution is 2.44. The first kappa shape index (κ1) is 19.0. The van der Waals surface area contributed by atoms with E-state index in [9.17, 15) is 4.79 Å². The summed E-state index contributed by atoms with van der Waals surface area (Å²) < 4.78 is 5.53. The molecule has 2 heterocycles. The quantitative estimate of drug-likeness (QED) is 0.376.